The van der Waals surface area contributed by atoms with Crippen LogP contribution in [0.5, 0.6) is 5.75 Å². The van der Waals surface area contributed by atoms with Crippen molar-refractivity contribution in [1.82, 2.24) is 4.31 Å². The summed E-state index contributed by atoms with van der Waals surface area (Å²) >= 11 is 5.88. The second kappa shape index (κ2) is 11.4. The van der Waals surface area contributed by atoms with Gasteiger partial charge in [0.2, 0.25) is 15.9 Å². The highest BCUT2D eigenvalue weighted by molar-refractivity contribution is 7.89. The molecule has 3 aromatic carbocycles. The van der Waals surface area contributed by atoms with E-state index in [1.165, 1.54) is 42.5 Å². The molecule has 0 spiro atoms. The maximum atomic E-state index is 13.0. The van der Waals surface area contributed by atoms with Crippen molar-refractivity contribution >= 4 is 44.8 Å². The molecule has 0 saturated carbocycles. The van der Waals surface area contributed by atoms with E-state index in [0.29, 0.717) is 39.9 Å². The molecule has 0 aromatic heterocycles. The van der Waals surface area contributed by atoms with Gasteiger partial charge in [-0.3, -0.25) is 9.59 Å². The molecule has 0 fully saturated rings. The first-order valence-electron chi connectivity index (χ1n) is 10.8. The normalized spacial score (nSPS) is 11.2. The van der Waals surface area contributed by atoms with Gasteiger partial charge in [-0.25, -0.2) is 8.42 Å². The third-order valence-electron chi connectivity index (χ3n) is 5.00. The number of nitrogens with one attached hydrogen (secondary N) is 2. The van der Waals surface area contributed by atoms with Crippen LogP contribution in [-0.4, -0.2) is 38.2 Å². The van der Waals surface area contributed by atoms with E-state index >= 15 is 0 Å². The van der Waals surface area contributed by atoms with Crippen LogP contribution in [-0.2, 0) is 21.4 Å². The van der Waals surface area contributed by atoms with Gasteiger partial charge in [0, 0.05) is 48.0 Å². The molecule has 35 heavy (non-hydrogen) atoms. The van der Waals surface area contributed by atoms with E-state index < -0.39 is 10.0 Å². The van der Waals surface area contributed by atoms with E-state index in [4.69, 9.17) is 16.3 Å². The van der Waals surface area contributed by atoms with Gasteiger partial charge >= 0.3 is 0 Å². The van der Waals surface area contributed by atoms with Crippen molar-refractivity contribution in [2.75, 3.05) is 24.3 Å². The van der Waals surface area contributed by atoms with Crippen LogP contribution in [0.3, 0.4) is 0 Å². The molecule has 0 bridgehead atoms. The summed E-state index contributed by atoms with van der Waals surface area (Å²) in [5.41, 5.74) is 2.04. The summed E-state index contributed by atoms with van der Waals surface area (Å²) < 4.78 is 32.9. The van der Waals surface area contributed by atoms with Crippen molar-refractivity contribution < 1.29 is 22.7 Å². The maximum Gasteiger partial charge on any atom is 0.255 e. The number of hydrogen-bond acceptors (Lipinski definition) is 5. The lowest BCUT2D eigenvalue weighted by atomic mass is 10.1. The SMILES string of the molecule is CCOc1ccc(C(=O)Nc2ccc(NC(C)=O)cc2)cc1CN(C)S(=O)(=O)c1ccc(Cl)cc1. The highest BCUT2D eigenvalue weighted by Gasteiger charge is 2.23. The minimum absolute atomic E-state index is 0.00712. The Morgan fingerprint density at radius 1 is 0.943 bits per heavy atom. The van der Waals surface area contributed by atoms with Gasteiger partial charge in [0.25, 0.3) is 5.91 Å². The molecule has 0 aliphatic carbocycles. The maximum absolute atomic E-state index is 13.0. The van der Waals surface area contributed by atoms with E-state index in [-0.39, 0.29) is 23.3 Å². The number of carbonyl (C=O) groups excluding carboxylic acids is 2. The Bertz CT molecular complexity index is 1310. The van der Waals surface area contributed by atoms with Crippen LogP contribution in [0.25, 0.3) is 0 Å². The van der Waals surface area contributed by atoms with Crippen LogP contribution in [0.4, 0.5) is 11.4 Å². The van der Waals surface area contributed by atoms with Gasteiger partial charge < -0.3 is 15.4 Å². The number of hydrogen-bond donors (Lipinski definition) is 2. The smallest absolute Gasteiger partial charge is 0.255 e. The summed E-state index contributed by atoms with van der Waals surface area (Å²) in [6.07, 6.45) is 0. The minimum atomic E-state index is -3.79. The quantitative estimate of drug-likeness (QED) is 0.427. The number of rotatable bonds is 9. The fourth-order valence-corrected chi connectivity index (χ4v) is 4.57. The molecule has 184 valence electrons. The second-order valence-electron chi connectivity index (χ2n) is 7.68. The number of nitrogens with zero attached hydrogens (tertiary/aromatic N) is 1. The van der Waals surface area contributed by atoms with Gasteiger partial charge in [0.15, 0.2) is 0 Å². The van der Waals surface area contributed by atoms with E-state index in [1.54, 1.807) is 42.5 Å². The molecule has 2 amide bonds. The third kappa shape index (κ3) is 6.82. The summed E-state index contributed by atoms with van der Waals surface area (Å²) in [7, 11) is -2.33. The van der Waals surface area contributed by atoms with Crippen LogP contribution in [0, 0.1) is 0 Å². The Hall–Kier alpha value is -3.40. The van der Waals surface area contributed by atoms with Gasteiger partial charge in [-0.15, -0.1) is 0 Å². The molecule has 10 heteroatoms. The van der Waals surface area contributed by atoms with Crippen LogP contribution < -0.4 is 15.4 Å². The molecule has 0 atom stereocenters. The Balaban J connectivity index is 1.81. The fraction of sp³-hybridized carbons (Fsp3) is 0.200. The lowest BCUT2D eigenvalue weighted by molar-refractivity contribution is -0.114. The Morgan fingerprint density at radius 2 is 1.54 bits per heavy atom. The molecule has 0 unspecified atom stereocenters. The van der Waals surface area contributed by atoms with Crippen LogP contribution >= 0.6 is 11.6 Å². The van der Waals surface area contributed by atoms with Crippen molar-refractivity contribution in [3.05, 3.63) is 82.9 Å². The lowest BCUT2D eigenvalue weighted by Gasteiger charge is -2.20. The Labute approximate surface area is 209 Å². The average molecular weight is 516 g/mol. The molecule has 0 saturated heterocycles. The van der Waals surface area contributed by atoms with Crippen molar-refractivity contribution in [3.8, 4) is 5.75 Å². The molecule has 3 rings (SSSR count). The van der Waals surface area contributed by atoms with Gasteiger partial charge in [-0.2, -0.15) is 4.31 Å². The number of ether oxygens (including phenoxy) is 1. The fourth-order valence-electron chi connectivity index (χ4n) is 3.30. The van der Waals surface area contributed by atoms with E-state index in [9.17, 15) is 18.0 Å². The van der Waals surface area contributed by atoms with Crippen molar-refractivity contribution in [3.63, 3.8) is 0 Å². The number of anilines is 2. The topological polar surface area (TPSA) is 105 Å². The molecule has 2 N–H and O–H groups in total. The minimum Gasteiger partial charge on any atom is -0.494 e. The van der Waals surface area contributed by atoms with Gasteiger partial charge in [0.05, 0.1) is 11.5 Å². The highest BCUT2D eigenvalue weighted by Crippen LogP contribution is 2.26. The van der Waals surface area contributed by atoms with E-state index in [0.717, 1.165) is 0 Å². The van der Waals surface area contributed by atoms with Crippen molar-refractivity contribution in [2.45, 2.75) is 25.3 Å². The standard InChI is InChI=1S/C25H26ClN3O5S/c1-4-34-24-14-5-18(25(31)28-22-10-8-21(9-11-22)27-17(2)30)15-19(24)16-29(3)35(32,33)23-12-6-20(26)7-13-23/h5-15H,4,16H2,1-3H3,(H,27,30)(H,28,31). The molecule has 0 aliphatic heterocycles. The van der Waals surface area contributed by atoms with Crippen molar-refractivity contribution in [2.24, 2.45) is 0 Å². The largest absolute Gasteiger partial charge is 0.494 e. The third-order valence-corrected chi connectivity index (χ3v) is 7.07. The molecule has 0 aliphatic rings. The first kappa shape index (κ1) is 26.2. The number of halogens is 1. The summed E-state index contributed by atoms with van der Waals surface area (Å²) in [4.78, 5) is 24.1. The van der Waals surface area contributed by atoms with E-state index in [1.807, 2.05) is 6.92 Å². The first-order chi connectivity index (χ1) is 16.6. The van der Waals surface area contributed by atoms with Gasteiger partial charge in [-0.1, -0.05) is 11.6 Å². The Morgan fingerprint density at radius 3 is 2.11 bits per heavy atom. The predicted molar refractivity (Wildman–Crippen MR) is 136 cm³/mol. The zero-order chi connectivity index (χ0) is 25.6. The highest BCUT2D eigenvalue weighted by atomic mass is 35.5. The first-order valence-corrected chi connectivity index (χ1v) is 12.6. The van der Waals surface area contributed by atoms with E-state index in [2.05, 4.69) is 10.6 Å². The molecule has 3 aromatic rings. The summed E-state index contributed by atoms with van der Waals surface area (Å²) in [6.45, 7) is 3.61. The zero-order valence-electron chi connectivity index (χ0n) is 19.5. The zero-order valence-corrected chi connectivity index (χ0v) is 21.1. The van der Waals surface area contributed by atoms with Crippen LogP contribution in [0.1, 0.15) is 29.8 Å². The lowest BCUT2D eigenvalue weighted by Crippen LogP contribution is -2.27. The number of sulfonamides is 1. The summed E-state index contributed by atoms with van der Waals surface area (Å²) in [6, 6.07) is 17.5. The van der Waals surface area contributed by atoms with Gasteiger partial charge in [-0.05, 0) is 73.7 Å². The monoisotopic (exact) mass is 515 g/mol. The molecular weight excluding hydrogens is 490 g/mol. The van der Waals surface area contributed by atoms with Crippen LogP contribution in [0.2, 0.25) is 5.02 Å². The molecular formula is C25H26ClN3O5S. The number of amides is 2. The van der Waals surface area contributed by atoms with Gasteiger partial charge in [0.1, 0.15) is 5.75 Å². The molecule has 0 heterocycles. The van der Waals surface area contributed by atoms with Crippen molar-refractivity contribution in [1.29, 1.82) is 0 Å². The Kier molecular flexibility index (Phi) is 8.50. The van der Waals surface area contributed by atoms with Crippen LogP contribution in [0.15, 0.2) is 71.6 Å². The number of benzene rings is 3. The predicted octanol–water partition coefficient (Wildman–Crippen LogP) is 4.77. The number of carbonyl (C=O) groups is 2. The average Bonchev–Trinajstić information content (AvgIpc) is 2.81. The molecule has 0 radical (unpaired) electrons. The molecule has 8 nitrogen and oxygen atoms in total. The summed E-state index contributed by atoms with van der Waals surface area (Å²) in [5.74, 6) is -0.0709. The summed E-state index contributed by atoms with van der Waals surface area (Å²) in [5, 5.41) is 5.90. The second-order valence-corrected chi connectivity index (χ2v) is 10.2.